The Morgan fingerprint density at radius 2 is 1.72 bits per heavy atom. The highest BCUT2D eigenvalue weighted by Gasteiger charge is 2.27. The van der Waals surface area contributed by atoms with Crippen LogP contribution in [0.1, 0.15) is 49.7 Å². The molecule has 29 heavy (non-hydrogen) atoms. The van der Waals surface area contributed by atoms with Gasteiger partial charge in [0.2, 0.25) is 10.0 Å². The number of carbonyl (C=O) groups excluding carboxylic acids is 1. The minimum Gasteiger partial charge on any atom is -0.495 e. The van der Waals surface area contributed by atoms with Crippen LogP contribution < -0.4 is 9.46 Å². The lowest BCUT2D eigenvalue weighted by atomic mass is 10.1. The third-order valence-corrected chi connectivity index (χ3v) is 6.17. The molecule has 0 radical (unpaired) electrons. The van der Waals surface area contributed by atoms with Crippen LogP contribution in [0.4, 0.5) is 4.39 Å². The first kappa shape index (κ1) is 22.8. The van der Waals surface area contributed by atoms with Crippen molar-refractivity contribution in [2.24, 2.45) is 0 Å². The van der Waals surface area contributed by atoms with Gasteiger partial charge < -0.3 is 9.64 Å². The van der Waals surface area contributed by atoms with Gasteiger partial charge >= 0.3 is 0 Å². The van der Waals surface area contributed by atoms with E-state index >= 15 is 0 Å². The van der Waals surface area contributed by atoms with E-state index in [2.05, 4.69) is 4.72 Å². The maximum Gasteiger partial charge on any atom is 0.254 e. The Morgan fingerprint density at radius 1 is 1.14 bits per heavy atom. The highest BCUT2D eigenvalue weighted by Crippen LogP contribution is 2.28. The minimum atomic E-state index is -3.91. The summed E-state index contributed by atoms with van der Waals surface area (Å²) < 4.78 is 46.5. The zero-order chi connectivity index (χ0) is 22.0. The number of amides is 1. The van der Waals surface area contributed by atoms with Crippen LogP contribution in [0.5, 0.6) is 5.75 Å². The van der Waals surface area contributed by atoms with Gasteiger partial charge in [0.1, 0.15) is 16.5 Å². The number of benzene rings is 2. The number of rotatable bonds is 6. The number of nitrogens with one attached hydrogen (secondary N) is 1. The molecule has 6 nitrogen and oxygen atoms in total. The summed E-state index contributed by atoms with van der Waals surface area (Å²) >= 11 is 0. The summed E-state index contributed by atoms with van der Waals surface area (Å²) in [5.41, 5.74) is 0.270. The van der Waals surface area contributed by atoms with E-state index in [1.54, 1.807) is 40.0 Å². The molecule has 1 N–H and O–H groups in total. The molecule has 2 rings (SSSR count). The molecule has 0 aliphatic rings. The SMILES string of the molecule is COc1ccc(C(=O)N(C)C(C)c2ccc(F)cc2)cc1S(=O)(=O)NC(C)(C)C. The Labute approximate surface area is 171 Å². The molecular formula is C21H27FN2O4S. The van der Waals surface area contributed by atoms with Crippen molar-refractivity contribution in [3.63, 3.8) is 0 Å². The monoisotopic (exact) mass is 422 g/mol. The smallest absolute Gasteiger partial charge is 0.254 e. The molecule has 1 atom stereocenters. The molecule has 0 bridgehead atoms. The fourth-order valence-electron chi connectivity index (χ4n) is 2.82. The van der Waals surface area contributed by atoms with Gasteiger partial charge in [-0.05, 0) is 63.6 Å². The lowest BCUT2D eigenvalue weighted by molar-refractivity contribution is 0.0742. The molecule has 2 aromatic carbocycles. The van der Waals surface area contributed by atoms with Crippen molar-refractivity contribution in [2.45, 2.75) is 44.2 Å². The molecule has 158 valence electrons. The third-order valence-electron chi connectivity index (χ3n) is 4.39. The number of sulfonamides is 1. The van der Waals surface area contributed by atoms with Crippen molar-refractivity contribution in [3.8, 4) is 5.75 Å². The summed E-state index contributed by atoms with van der Waals surface area (Å²) in [6, 6.07) is 9.84. The van der Waals surface area contributed by atoms with Gasteiger partial charge in [-0.15, -0.1) is 0 Å². The number of hydrogen-bond donors (Lipinski definition) is 1. The predicted octanol–water partition coefficient (Wildman–Crippen LogP) is 3.74. The Hall–Kier alpha value is -2.45. The van der Waals surface area contributed by atoms with Crippen LogP contribution in [0, 0.1) is 5.82 Å². The zero-order valence-electron chi connectivity index (χ0n) is 17.5. The van der Waals surface area contributed by atoms with Gasteiger partial charge in [-0.3, -0.25) is 4.79 Å². The van der Waals surface area contributed by atoms with Gasteiger partial charge in [-0.25, -0.2) is 17.5 Å². The largest absolute Gasteiger partial charge is 0.495 e. The molecule has 0 heterocycles. The first-order chi connectivity index (χ1) is 13.4. The van der Waals surface area contributed by atoms with Crippen LogP contribution in [0.25, 0.3) is 0 Å². The van der Waals surface area contributed by atoms with Crippen LogP contribution in [0.2, 0.25) is 0 Å². The van der Waals surface area contributed by atoms with E-state index in [1.807, 2.05) is 6.92 Å². The Kier molecular flexibility index (Phi) is 6.70. The highest BCUT2D eigenvalue weighted by atomic mass is 32.2. The lowest BCUT2D eigenvalue weighted by Crippen LogP contribution is -2.40. The molecule has 1 unspecified atom stereocenters. The van der Waals surface area contributed by atoms with Crippen molar-refractivity contribution in [1.29, 1.82) is 0 Å². The molecule has 8 heteroatoms. The molecule has 1 amide bonds. The van der Waals surface area contributed by atoms with Crippen molar-refractivity contribution >= 4 is 15.9 Å². The molecule has 2 aromatic rings. The summed E-state index contributed by atoms with van der Waals surface area (Å²) in [5.74, 6) is -0.574. The van der Waals surface area contributed by atoms with E-state index < -0.39 is 15.6 Å². The fourth-order valence-corrected chi connectivity index (χ4v) is 4.44. The second-order valence-corrected chi connectivity index (χ2v) is 9.52. The van der Waals surface area contributed by atoms with Crippen molar-refractivity contribution in [3.05, 3.63) is 59.4 Å². The Balaban J connectivity index is 2.39. The average molecular weight is 423 g/mol. The Bertz CT molecular complexity index is 983. The maximum absolute atomic E-state index is 13.2. The van der Waals surface area contributed by atoms with Gasteiger partial charge in [0.15, 0.2) is 0 Å². The normalized spacial score (nSPS) is 13.1. The van der Waals surface area contributed by atoms with E-state index in [9.17, 15) is 17.6 Å². The molecule has 0 saturated heterocycles. The molecule has 0 fully saturated rings. The van der Waals surface area contributed by atoms with E-state index in [0.29, 0.717) is 0 Å². The molecule has 0 spiro atoms. The lowest BCUT2D eigenvalue weighted by Gasteiger charge is -2.26. The summed E-state index contributed by atoms with van der Waals surface area (Å²) in [5, 5.41) is 0. The van der Waals surface area contributed by atoms with Crippen LogP contribution in [-0.4, -0.2) is 38.9 Å². The molecular weight excluding hydrogens is 395 g/mol. The summed E-state index contributed by atoms with van der Waals surface area (Å²) in [6.45, 7) is 6.99. The number of hydrogen-bond acceptors (Lipinski definition) is 4. The van der Waals surface area contributed by atoms with Gasteiger partial charge in [0.25, 0.3) is 5.91 Å². The van der Waals surface area contributed by atoms with Gasteiger partial charge in [0.05, 0.1) is 13.2 Å². The van der Waals surface area contributed by atoms with Crippen LogP contribution in [0.15, 0.2) is 47.4 Å². The van der Waals surface area contributed by atoms with Crippen LogP contribution >= 0.6 is 0 Å². The number of halogens is 1. The van der Waals surface area contributed by atoms with E-state index in [1.165, 1.54) is 42.3 Å². The van der Waals surface area contributed by atoms with E-state index in [4.69, 9.17) is 4.74 Å². The number of carbonyl (C=O) groups is 1. The quantitative estimate of drug-likeness (QED) is 0.769. The number of methoxy groups -OCH3 is 1. The van der Waals surface area contributed by atoms with Crippen LogP contribution in [-0.2, 0) is 10.0 Å². The summed E-state index contributed by atoms with van der Waals surface area (Å²) in [7, 11) is -0.923. The third kappa shape index (κ3) is 5.55. The second kappa shape index (κ2) is 8.51. The average Bonchev–Trinajstić information content (AvgIpc) is 2.64. The van der Waals surface area contributed by atoms with Gasteiger partial charge in [-0.1, -0.05) is 12.1 Å². The molecule has 0 aromatic heterocycles. The topological polar surface area (TPSA) is 75.7 Å². The molecule has 0 saturated carbocycles. The van der Waals surface area contributed by atoms with Gasteiger partial charge in [0, 0.05) is 18.2 Å². The van der Waals surface area contributed by atoms with Crippen LogP contribution in [0.3, 0.4) is 0 Å². The van der Waals surface area contributed by atoms with Crippen molar-refractivity contribution < 1.29 is 22.3 Å². The standard InChI is InChI=1S/C21H27FN2O4S/c1-14(15-7-10-17(22)11-8-15)24(5)20(25)16-9-12-18(28-6)19(13-16)29(26,27)23-21(2,3)4/h7-14,23H,1-6H3. The summed E-state index contributed by atoms with van der Waals surface area (Å²) in [4.78, 5) is 14.4. The number of nitrogens with zero attached hydrogens (tertiary/aromatic N) is 1. The van der Waals surface area contributed by atoms with E-state index in [-0.39, 0.29) is 34.0 Å². The fraction of sp³-hybridized carbons (Fsp3) is 0.381. The Morgan fingerprint density at radius 3 is 2.24 bits per heavy atom. The maximum atomic E-state index is 13.2. The minimum absolute atomic E-state index is 0.108. The first-order valence-corrected chi connectivity index (χ1v) is 10.6. The zero-order valence-corrected chi connectivity index (χ0v) is 18.3. The summed E-state index contributed by atoms with van der Waals surface area (Å²) in [6.07, 6.45) is 0. The van der Waals surface area contributed by atoms with Gasteiger partial charge in [-0.2, -0.15) is 0 Å². The molecule has 0 aliphatic carbocycles. The van der Waals surface area contributed by atoms with E-state index in [0.717, 1.165) is 5.56 Å². The first-order valence-electron chi connectivity index (χ1n) is 9.10. The highest BCUT2D eigenvalue weighted by molar-refractivity contribution is 7.89. The predicted molar refractivity (Wildman–Crippen MR) is 110 cm³/mol. The van der Waals surface area contributed by atoms with Crippen molar-refractivity contribution in [1.82, 2.24) is 9.62 Å². The second-order valence-electron chi connectivity index (χ2n) is 7.86. The van der Waals surface area contributed by atoms with Crippen molar-refractivity contribution in [2.75, 3.05) is 14.2 Å². The number of ether oxygens (including phenoxy) is 1. The molecule has 0 aliphatic heterocycles.